The molecule has 0 bridgehead atoms. The van der Waals surface area contributed by atoms with Gasteiger partial charge >= 0.3 is 6.09 Å². The molecule has 2 atom stereocenters. The van der Waals surface area contributed by atoms with Gasteiger partial charge in [-0.05, 0) is 83.9 Å². The highest BCUT2D eigenvalue weighted by Gasteiger charge is 2.47. The summed E-state index contributed by atoms with van der Waals surface area (Å²) >= 11 is 0. The number of ether oxygens (including phenoxy) is 1. The molecule has 0 radical (unpaired) electrons. The van der Waals surface area contributed by atoms with E-state index in [9.17, 15) is 9.59 Å². The van der Waals surface area contributed by atoms with Gasteiger partial charge in [0.2, 0.25) is 5.91 Å². The van der Waals surface area contributed by atoms with Gasteiger partial charge in [0.1, 0.15) is 11.6 Å². The SMILES string of the molecule is CC(C)[C@@H](C[P+](Cc1cc(C(C)(C)C)cc(C(C)(C)C)c1)(c1ccccc1)c1ccccc1)NC(=O)C(NC(=O)OC(C)(C)C)C(C)(C)C.[Br-]. The van der Waals surface area contributed by atoms with E-state index in [0.717, 1.165) is 12.3 Å². The van der Waals surface area contributed by atoms with Gasteiger partial charge in [0.25, 0.3) is 0 Å². The predicted molar refractivity (Wildman–Crippen MR) is 211 cm³/mol. The monoisotopic (exact) mass is 766 g/mol. The molecule has 276 valence electrons. The lowest BCUT2D eigenvalue weighted by Gasteiger charge is -2.36. The van der Waals surface area contributed by atoms with Crippen molar-refractivity contribution in [1.82, 2.24) is 10.6 Å². The molecule has 3 aromatic rings. The van der Waals surface area contributed by atoms with Gasteiger partial charge in [0.05, 0.1) is 36.2 Å². The van der Waals surface area contributed by atoms with Crippen LogP contribution >= 0.6 is 7.26 Å². The van der Waals surface area contributed by atoms with Gasteiger partial charge in [-0.1, -0.05) is 131 Å². The minimum Gasteiger partial charge on any atom is -1.00 e. The number of hydrogen-bond acceptors (Lipinski definition) is 3. The Morgan fingerprint density at radius 1 is 0.680 bits per heavy atom. The van der Waals surface area contributed by atoms with Crippen molar-refractivity contribution in [3.63, 3.8) is 0 Å². The number of carbonyl (C=O) groups is 2. The third-order valence-corrected chi connectivity index (χ3v) is 13.6. The molecule has 0 spiro atoms. The Morgan fingerprint density at radius 3 is 1.48 bits per heavy atom. The molecule has 0 aromatic heterocycles. The van der Waals surface area contributed by atoms with E-state index < -0.39 is 30.4 Å². The first-order valence-electron chi connectivity index (χ1n) is 17.9. The Bertz CT molecular complexity index is 1470. The summed E-state index contributed by atoms with van der Waals surface area (Å²) in [4.78, 5) is 27.2. The van der Waals surface area contributed by atoms with Crippen LogP contribution in [-0.4, -0.2) is 35.8 Å². The number of nitrogens with one attached hydrogen (secondary N) is 2. The second kappa shape index (κ2) is 16.8. The number of rotatable bonds is 10. The van der Waals surface area contributed by atoms with Crippen molar-refractivity contribution >= 4 is 29.9 Å². The lowest BCUT2D eigenvalue weighted by Crippen LogP contribution is -3.00. The maximum atomic E-state index is 14.3. The van der Waals surface area contributed by atoms with Gasteiger partial charge in [0, 0.05) is 0 Å². The summed E-state index contributed by atoms with van der Waals surface area (Å²) < 4.78 is 5.57. The Hall–Kier alpha value is -2.69. The van der Waals surface area contributed by atoms with Crippen molar-refractivity contribution in [3.8, 4) is 0 Å². The van der Waals surface area contributed by atoms with E-state index in [1.807, 2.05) is 41.5 Å². The largest absolute Gasteiger partial charge is 1.00 e. The Balaban J connectivity index is 0.00000867. The molecule has 0 saturated carbocycles. The molecule has 1 unspecified atom stereocenters. The van der Waals surface area contributed by atoms with Crippen LogP contribution in [0.4, 0.5) is 4.79 Å². The van der Waals surface area contributed by atoms with Gasteiger partial charge in [-0.2, -0.15) is 0 Å². The molecule has 3 rings (SSSR count). The first-order valence-corrected chi connectivity index (χ1v) is 20.0. The van der Waals surface area contributed by atoms with Crippen LogP contribution in [0.15, 0.2) is 78.9 Å². The van der Waals surface area contributed by atoms with Crippen molar-refractivity contribution in [2.75, 3.05) is 6.16 Å². The van der Waals surface area contributed by atoms with E-state index in [0.29, 0.717) is 0 Å². The molecular weight excluding hydrogens is 703 g/mol. The molecule has 2 N–H and O–H groups in total. The summed E-state index contributed by atoms with van der Waals surface area (Å²) in [6, 6.07) is 28.1. The smallest absolute Gasteiger partial charge is 0.408 e. The fourth-order valence-electron chi connectivity index (χ4n) is 6.12. The molecule has 7 heteroatoms. The standard InChI is InChI=1S/C43H63N2O3P.BrH/c1-30(2)36(44-38(46)37(42(9,10)11)45-39(47)48-43(12,13)14)29-49(34-21-17-15-18-22-34,35-23-19-16-20-24-35)28-31-25-32(40(3,4)5)27-33(26-31)41(6,7)8;/h15-27,30,36-37H,28-29H2,1-14H3,(H-,44,45,46,47);1H/t36-,37?;/m1./s1. The van der Waals surface area contributed by atoms with Crippen LogP contribution in [0.5, 0.6) is 0 Å². The van der Waals surface area contributed by atoms with Crippen LogP contribution in [0.1, 0.15) is 114 Å². The molecule has 0 aliphatic rings. The van der Waals surface area contributed by atoms with Crippen LogP contribution in [0, 0.1) is 11.3 Å². The average molecular weight is 768 g/mol. The van der Waals surface area contributed by atoms with Gasteiger partial charge in [-0.15, -0.1) is 0 Å². The maximum Gasteiger partial charge on any atom is 0.408 e. The summed E-state index contributed by atoms with van der Waals surface area (Å²) in [5, 5.41) is 9.00. The minimum atomic E-state index is -2.19. The van der Waals surface area contributed by atoms with Crippen LogP contribution in [0.25, 0.3) is 0 Å². The summed E-state index contributed by atoms with van der Waals surface area (Å²) in [6.45, 7) is 29.5. The minimum absolute atomic E-state index is 0. The Labute approximate surface area is 315 Å². The second-order valence-electron chi connectivity index (χ2n) is 18.2. The number of alkyl carbamates (subject to hydrolysis) is 1. The molecule has 2 amide bonds. The third-order valence-electron chi connectivity index (χ3n) is 9.11. The van der Waals surface area contributed by atoms with E-state index in [1.165, 1.54) is 27.3 Å². The third kappa shape index (κ3) is 11.9. The van der Waals surface area contributed by atoms with E-state index >= 15 is 0 Å². The summed E-state index contributed by atoms with van der Waals surface area (Å²) in [6.07, 6.45) is 1.05. The Kier molecular flexibility index (Phi) is 14.6. The zero-order valence-corrected chi connectivity index (χ0v) is 35.7. The topological polar surface area (TPSA) is 67.4 Å². The molecule has 0 aliphatic heterocycles. The second-order valence-corrected chi connectivity index (χ2v) is 21.9. The highest BCUT2D eigenvalue weighted by atomic mass is 79.9. The van der Waals surface area contributed by atoms with Crippen molar-refractivity contribution < 1.29 is 31.3 Å². The van der Waals surface area contributed by atoms with Crippen LogP contribution in [0.3, 0.4) is 0 Å². The number of halogens is 1. The van der Waals surface area contributed by atoms with Crippen molar-refractivity contribution in [2.45, 2.75) is 132 Å². The lowest BCUT2D eigenvalue weighted by molar-refractivity contribution is -0.126. The molecule has 0 fully saturated rings. The molecule has 0 heterocycles. The first kappa shape index (κ1) is 43.5. The average Bonchev–Trinajstić information content (AvgIpc) is 2.97. The van der Waals surface area contributed by atoms with E-state index in [2.05, 4.69) is 145 Å². The fourth-order valence-corrected chi connectivity index (χ4v) is 10.8. The van der Waals surface area contributed by atoms with Crippen molar-refractivity contribution in [3.05, 3.63) is 95.6 Å². The molecule has 3 aromatic carbocycles. The highest BCUT2D eigenvalue weighted by molar-refractivity contribution is 7.88. The number of amides is 2. The van der Waals surface area contributed by atoms with Gasteiger partial charge in [-0.3, -0.25) is 4.79 Å². The summed E-state index contributed by atoms with van der Waals surface area (Å²) in [5.74, 6) is -0.0510. The van der Waals surface area contributed by atoms with Crippen LogP contribution in [-0.2, 0) is 26.5 Å². The number of hydrogen-bond donors (Lipinski definition) is 2. The highest BCUT2D eigenvalue weighted by Crippen LogP contribution is 2.60. The first-order chi connectivity index (χ1) is 22.4. The van der Waals surface area contributed by atoms with Crippen LogP contribution in [0.2, 0.25) is 0 Å². The molecule has 5 nitrogen and oxygen atoms in total. The maximum absolute atomic E-state index is 14.3. The predicted octanol–water partition coefficient (Wildman–Crippen LogP) is 6.53. The summed E-state index contributed by atoms with van der Waals surface area (Å²) in [5.41, 5.74) is 2.78. The molecular formula is C43H64BrN2O3P. The van der Waals surface area contributed by atoms with Crippen LogP contribution < -0.4 is 38.2 Å². The van der Waals surface area contributed by atoms with Gasteiger partial charge in [0.15, 0.2) is 0 Å². The van der Waals surface area contributed by atoms with E-state index in [4.69, 9.17) is 4.74 Å². The quantitative estimate of drug-likeness (QED) is 0.231. The number of benzene rings is 3. The number of carbonyl (C=O) groups excluding carboxylic acids is 2. The lowest BCUT2D eigenvalue weighted by atomic mass is 9.80. The zero-order valence-electron chi connectivity index (χ0n) is 33.2. The molecule has 0 saturated heterocycles. The zero-order chi connectivity index (χ0) is 37.0. The fraction of sp³-hybridized carbons (Fsp3) is 0.535. The van der Waals surface area contributed by atoms with Crippen molar-refractivity contribution in [1.29, 1.82) is 0 Å². The molecule has 50 heavy (non-hydrogen) atoms. The van der Waals surface area contributed by atoms with E-state index in [1.54, 1.807) is 0 Å². The Morgan fingerprint density at radius 2 is 1.12 bits per heavy atom. The summed E-state index contributed by atoms with van der Waals surface area (Å²) in [7, 11) is -2.19. The van der Waals surface area contributed by atoms with Crippen molar-refractivity contribution in [2.24, 2.45) is 11.3 Å². The van der Waals surface area contributed by atoms with E-state index in [-0.39, 0.29) is 45.7 Å². The van der Waals surface area contributed by atoms with Gasteiger partial charge in [-0.25, -0.2) is 4.79 Å². The molecule has 0 aliphatic carbocycles. The van der Waals surface area contributed by atoms with Gasteiger partial charge < -0.3 is 32.4 Å². The normalized spacial score (nSPS) is 14.0.